The molecule has 0 bridgehead atoms. The summed E-state index contributed by atoms with van der Waals surface area (Å²) < 4.78 is 12.7. The molecule has 0 radical (unpaired) electrons. The van der Waals surface area contributed by atoms with Gasteiger partial charge in [0.25, 0.3) is 0 Å². The zero-order valence-corrected chi connectivity index (χ0v) is 6.74. The fraction of sp³-hybridized carbons (Fsp3) is 0.250. The van der Waals surface area contributed by atoms with Crippen LogP contribution in [-0.4, -0.2) is 22.0 Å². The van der Waals surface area contributed by atoms with E-state index in [1.165, 1.54) is 0 Å². The predicted molar refractivity (Wildman–Crippen MR) is 42.8 cm³/mol. The van der Waals surface area contributed by atoms with Crippen LogP contribution >= 0.6 is 0 Å². The van der Waals surface area contributed by atoms with Gasteiger partial charge in [0.1, 0.15) is 11.6 Å². The first kappa shape index (κ1) is 9.91. The Balaban J connectivity index is 3.03. The molecule has 72 valence electrons. The summed E-state index contributed by atoms with van der Waals surface area (Å²) in [7, 11) is 0. The number of hydrogen-bond donors (Lipinski definition) is 4. The van der Waals surface area contributed by atoms with Crippen LogP contribution in [0, 0.1) is 5.82 Å². The normalized spacial score (nSPS) is 12.8. The molecule has 0 fully saturated rings. The third-order valence-corrected chi connectivity index (χ3v) is 1.70. The second kappa shape index (κ2) is 4.18. The van der Waals surface area contributed by atoms with Crippen LogP contribution in [0.4, 0.5) is 4.39 Å². The van der Waals surface area contributed by atoms with Crippen molar-refractivity contribution in [2.24, 2.45) is 0 Å². The van der Waals surface area contributed by atoms with Gasteiger partial charge in [0.2, 0.25) is 0 Å². The van der Waals surface area contributed by atoms with Crippen LogP contribution in [0.25, 0.3) is 0 Å². The summed E-state index contributed by atoms with van der Waals surface area (Å²) in [5, 5.41) is 26.5. The summed E-state index contributed by atoms with van der Waals surface area (Å²) in [6.07, 6.45) is 0. The lowest BCUT2D eigenvalue weighted by molar-refractivity contribution is 0.0892. The Bertz CT molecular complexity index is 289. The van der Waals surface area contributed by atoms with Crippen molar-refractivity contribution < 1.29 is 19.8 Å². The largest absolute Gasteiger partial charge is 0.508 e. The summed E-state index contributed by atoms with van der Waals surface area (Å²) in [6, 6.07) is 2.41. The first-order chi connectivity index (χ1) is 6.19. The lowest BCUT2D eigenvalue weighted by atomic mass is 10.1. The average Bonchev–Trinajstić information content (AvgIpc) is 2.13. The van der Waals surface area contributed by atoms with Gasteiger partial charge in [-0.15, -0.1) is 0 Å². The zero-order valence-electron chi connectivity index (χ0n) is 6.74. The van der Waals surface area contributed by atoms with Crippen molar-refractivity contribution in [3.63, 3.8) is 0 Å². The number of aromatic hydroxyl groups is 1. The number of phenolic OH excluding ortho intramolecular Hbond substituents is 1. The smallest absolute Gasteiger partial charge is 0.123 e. The monoisotopic (exact) mass is 187 g/mol. The maximum atomic E-state index is 12.7. The number of rotatable bonds is 3. The molecule has 0 unspecified atom stereocenters. The van der Waals surface area contributed by atoms with E-state index < -0.39 is 18.5 Å². The van der Waals surface area contributed by atoms with Crippen LogP contribution < -0.4 is 5.48 Å². The van der Waals surface area contributed by atoms with E-state index in [4.69, 9.17) is 10.3 Å². The minimum atomic E-state index is -0.879. The fourth-order valence-electron chi connectivity index (χ4n) is 1.01. The molecule has 5 heteroatoms. The Morgan fingerprint density at radius 3 is 2.69 bits per heavy atom. The zero-order chi connectivity index (χ0) is 9.84. The molecule has 0 amide bonds. The van der Waals surface area contributed by atoms with Crippen molar-refractivity contribution in [2.75, 3.05) is 6.61 Å². The molecule has 0 aromatic heterocycles. The minimum Gasteiger partial charge on any atom is -0.508 e. The molecule has 1 atom stereocenters. The Kier molecular flexibility index (Phi) is 3.18. The summed E-state index contributed by atoms with van der Waals surface area (Å²) >= 11 is 0. The first-order valence-corrected chi connectivity index (χ1v) is 3.68. The standard InChI is InChI=1S/C8H10FNO3/c9-5-1-2-8(12)6(3-5)7(4-11)10-13/h1-3,7,10-13H,4H2/t7-/m0/s1. The number of halogens is 1. The summed E-state index contributed by atoms with van der Waals surface area (Å²) in [5.74, 6) is -0.719. The second-order valence-electron chi connectivity index (χ2n) is 2.57. The molecular weight excluding hydrogens is 177 g/mol. The van der Waals surface area contributed by atoms with Crippen LogP contribution in [0.1, 0.15) is 11.6 Å². The molecule has 0 spiro atoms. The van der Waals surface area contributed by atoms with Crippen LogP contribution in [-0.2, 0) is 0 Å². The average molecular weight is 187 g/mol. The molecule has 4 nitrogen and oxygen atoms in total. The fourth-order valence-corrected chi connectivity index (χ4v) is 1.01. The van der Waals surface area contributed by atoms with Gasteiger partial charge in [-0.05, 0) is 18.2 Å². The quantitative estimate of drug-likeness (QED) is 0.521. The third-order valence-electron chi connectivity index (χ3n) is 1.70. The van der Waals surface area contributed by atoms with Crippen LogP contribution in [0.5, 0.6) is 5.75 Å². The number of phenols is 1. The first-order valence-electron chi connectivity index (χ1n) is 3.68. The molecular formula is C8H10FNO3. The second-order valence-corrected chi connectivity index (χ2v) is 2.57. The van der Waals surface area contributed by atoms with Gasteiger partial charge in [-0.3, -0.25) is 0 Å². The molecule has 13 heavy (non-hydrogen) atoms. The van der Waals surface area contributed by atoms with Crippen molar-refractivity contribution >= 4 is 0 Å². The molecule has 0 saturated carbocycles. The van der Waals surface area contributed by atoms with Gasteiger partial charge in [0, 0.05) is 5.56 Å². The number of hydroxylamine groups is 1. The lowest BCUT2D eigenvalue weighted by Crippen LogP contribution is -2.20. The van der Waals surface area contributed by atoms with Gasteiger partial charge in [-0.25, -0.2) is 4.39 Å². The van der Waals surface area contributed by atoms with E-state index in [0.29, 0.717) is 0 Å². The number of hydrogen-bond acceptors (Lipinski definition) is 4. The van der Waals surface area contributed by atoms with E-state index in [1.54, 1.807) is 5.48 Å². The minimum absolute atomic E-state index is 0.116. The SMILES string of the molecule is OC[C@H](NO)c1cc(F)ccc1O. The highest BCUT2D eigenvalue weighted by atomic mass is 19.1. The Hall–Kier alpha value is -1.17. The molecule has 0 saturated heterocycles. The van der Waals surface area contributed by atoms with E-state index in [0.717, 1.165) is 18.2 Å². The number of benzene rings is 1. The van der Waals surface area contributed by atoms with E-state index in [1.807, 2.05) is 0 Å². The van der Waals surface area contributed by atoms with E-state index in [2.05, 4.69) is 0 Å². The molecule has 1 aromatic rings. The van der Waals surface area contributed by atoms with Gasteiger partial charge in [-0.2, -0.15) is 5.48 Å². The van der Waals surface area contributed by atoms with Crippen molar-refractivity contribution in [3.05, 3.63) is 29.6 Å². The topological polar surface area (TPSA) is 72.7 Å². The molecule has 4 N–H and O–H groups in total. The van der Waals surface area contributed by atoms with Crippen molar-refractivity contribution in [2.45, 2.75) is 6.04 Å². The Labute approximate surface area is 74.2 Å². The van der Waals surface area contributed by atoms with Gasteiger partial charge in [0.15, 0.2) is 0 Å². The predicted octanol–water partition coefficient (Wildman–Crippen LogP) is 0.544. The van der Waals surface area contributed by atoms with E-state index in [-0.39, 0.29) is 11.3 Å². The highest BCUT2D eigenvalue weighted by Gasteiger charge is 2.13. The van der Waals surface area contributed by atoms with Crippen LogP contribution in [0.2, 0.25) is 0 Å². The van der Waals surface area contributed by atoms with E-state index >= 15 is 0 Å². The molecule has 0 aliphatic heterocycles. The molecule has 0 aliphatic carbocycles. The summed E-state index contributed by atoms with van der Waals surface area (Å²) in [6.45, 7) is -0.437. The number of aliphatic hydroxyl groups excluding tert-OH is 1. The summed E-state index contributed by atoms with van der Waals surface area (Å²) in [5.41, 5.74) is 1.88. The Morgan fingerprint density at radius 2 is 2.15 bits per heavy atom. The van der Waals surface area contributed by atoms with Gasteiger partial charge >= 0.3 is 0 Å². The highest BCUT2D eigenvalue weighted by Crippen LogP contribution is 2.24. The van der Waals surface area contributed by atoms with Crippen LogP contribution in [0.15, 0.2) is 18.2 Å². The maximum absolute atomic E-state index is 12.7. The maximum Gasteiger partial charge on any atom is 0.123 e. The van der Waals surface area contributed by atoms with Gasteiger partial charge in [-0.1, -0.05) is 0 Å². The van der Waals surface area contributed by atoms with Crippen molar-refractivity contribution in [3.8, 4) is 5.75 Å². The van der Waals surface area contributed by atoms with Gasteiger partial charge in [0.05, 0.1) is 12.6 Å². The van der Waals surface area contributed by atoms with E-state index in [9.17, 15) is 9.50 Å². The molecule has 0 heterocycles. The highest BCUT2D eigenvalue weighted by molar-refractivity contribution is 5.35. The van der Waals surface area contributed by atoms with Crippen molar-refractivity contribution in [1.82, 2.24) is 5.48 Å². The molecule has 1 aromatic carbocycles. The number of nitrogens with one attached hydrogen (secondary N) is 1. The summed E-state index contributed by atoms with van der Waals surface area (Å²) in [4.78, 5) is 0. The lowest BCUT2D eigenvalue weighted by Gasteiger charge is -2.13. The van der Waals surface area contributed by atoms with Crippen molar-refractivity contribution in [1.29, 1.82) is 0 Å². The molecule has 0 aliphatic rings. The third kappa shape index (κ3) is 2.15. The van der Waals surface area contributed by atoms with Gasteiger partial charge < -0.3 is 15.4 Å². The van der Waals surface area contributed by atoms with Crippen LogP contribution in [0.3, 0.4) is 0 Å². The molecule has 1 rings (SSSR count). The Morgan fingerprint density at radius 1 is 1.46 bits per heavy atom. The number of aliphatic hydroxyl groups is 1.